The predicted molar refractivity (Wildman–Crippen MR) is 126 cm³/mol. The third-order valence-electron chi connectivity index (χ3n) is 4.33. The molecule has 35 heavy (non-hydrogen) atoms. The average molecular weight is 518 g/mol. The second-order valence-electron chi connectivity index (χ2n) is 6.60. The number of nitrogens with zero attached hydrogens (tertiary/aromatic N) is 2. The van der Waals surface area contributed by atoms with Crippen LogP contribution in [0.15, 0.2) is 54.9 Å². The van der Waals surface area contributed by atoms with Gasteiger partial charge in [0.2, 0.25) is 0 Å². The van der Waals surface area contributed by atoms with Crippen molar-refractivity contribution >= 4 is 20.3 Å². The number of alkyl halides is 6. The Labute approximate surface area is 201 Å². The molecule has 2 heterocycles. The zero-order chi connectivity index (χ0) is 27.0. The Bertz CT molecular complexity index is 1100. The van der Waals surface area contributed by atoms with E-state index >= 15 is 0 Å². The molecule has 3 rings (SSSR count). The second kappa shape index (κ2) is 12.7. The second-order valence-corrected chi connectivity index (χ2v) is 7.27. The van der Waals surface area contributed by atoms with E-state index in [0.29, 0.717) is 11.8 Å². The maximum absolute atomic E-state index is 13.2. The van der Waals surface area contributed by atoms with E-state index in [4.69, 9.17) is 5.73 Å². The molecule has 0 aliphatic heterocycles. The van der Waals surface area contributed by atoms with E-state index in [1.54, 1.807) is 12.1 Å². The quantitative estimate of drug-likeness (QED) is 0.286. The summed E-state index contributed by atoms with van der Waals surface area (Å²) in [6.45, 7) is 4.00. The van der Waals surface area contributed by atoms with Crippen LogP contribution in [0, 0.1) is 0 Å². The van der Waals surface area contributed by atoms with Gasteiger partial charge in [-0.25, -0.2) is 0 Å². The van der Waals surface area contributed by atoms with Gasteiger partial charge in [-0.1, -0.05) is 19.9 Å². The van der Waals surface area contributed by atoms with Crippen molar-refractivity contribution in [3.63, 3.8) is 0 Å². The Balaban J connectivity index is 0.00000145. The van der Waals surface area contributed by atoms with Crippen molar-refractivity contribution in [3.05, 3.63) is 77.2 Å². The van der Waals surface area contributed by atoms with E-state index in [1.807, 2.05) is 13.8 Å². The molecule has 0 bridgehead atoms. The lowest BCUT2D eigenvalue weighted by molar-refractivity contribution is -0.149. The number of carbonyl (C=O) groups is 1. The topological polar surface area (TPSA) is 94.9 Å². The summed E-state index contributed by atoms with van der Waals surface area (Å²) in [7, 11) is 3.91. The highest BCUT2D eigenvalue weighted by atomic mass is 31.0. The van der Waals surface area contributed by atoms with Crippen molar-refractivity contribution in [2.75, 3.05) is 7.05 Å². The molecule has 2 atom stereocenters. The molecule has 0 saturated heterocycles. The first-order valence-corrected chi connectivity index (χ1v) is 10.8. The lowest BCUT2D eigenvalue weighted by atomic mass is 9.95. The van der Waals surface area contributed by atoms with Crippen molar-refractivity contribution in [3.8, 4) is 11.3 Å². The molecule has 0 aliphatic rings. The zero-order valence-electron chi connectivity index (χ0n) is 19.1. The maximum Gasteiger partial charge on any atom is 0.433 e. The Kier molecular flexibility index (Phi) is 11.0. The highest BCUT2D eigenvalue weighted by Gasteiger charge is 2.38. The van der Waals surface area contributed by atoms with E-state index in [-0.39, 0.29) is 22.3 Å². The number of ketones is 1. The third kappa shape index (κ3) is 8.09. The Hall–Kier alpha value is -2.88. The molecule has 0 amide bonds. The van der Waals surface area contributed by atoms with E-state index in [9.17, 15) is 31.1 Å². The minimum Gasteiger partial charge on any atom is -0.333 e. The molecule has 2 unspecified atom stereocenters. The van der Waals surface area contributed by atoms with Crippen LogP contribution in [0.2, 0.25) is 0 Å². The first-order chi connectivity index (χ1) is 16.4. The molecule has 3 aromatic rings. The molecule has 0 saturated carbocycles. The highest BCUT2D eigenvalue weighted by Crippen LogP contribution is 2.34. The smallest absolute Gasteiger partial charge is 0.333 e. The van der Waals surface area contributed by atoms with E-state index in [1.165, 1.54) is 25.4 Å². The van der Waals surface area contributed by atoms with Crippen LogP contribution in [-0.4, -0.2) is 29.0 Å². The number of hydrogen-bond donors (Lipinski definition) is 2. The van der Waals surface area contributed by atoms with Gasteiger partial charge in [0.15, 0.2) is 5.78 Å². The largest absolute Gasteiger partial charge is 0.433 e. The van der Waals surface area contributed by atoms with Gasteiger partial charge in [-0.15, -0.1) is 9.24 Å². The van der Waals surface area contributed by atoms with Crippen LogP contribution in [-0.2, 0) is 6.18 Å². The number of pyridine rings is 2. The summed E-state index contributed by atoms with van der Waals surface area (Å²) >= 11 is 0. The molecule has 12 heteroatoms. The molecule has 4 N–H and O–H groups in total. The summed E-state index contributed by atoms with van der Waals surface area (Å²) in [5, 5.41) is 0.735. The van der Waals surface area contributed by atoms with Gasteiger partial charge in [0.05, 0.1) is 5.69 Å². The fraction of sp³-hybridized carbons (Fsp3) is 0.261. The number of nitrogens with two attached hydrogens (primary N) is 2. The third-order valence-corrected chi connectivity index (χ3v) is 4.67. The Morgan fingerprint density at radius 3 is 1.97 bits per heavy atom. The Morgan fingerprint density at radius 1 is 0.886 bits per heavy atom. The molecule has 0 aliphatic carbocycles. The van der Waals surface area contributed by atoms with Gasteiger partial charge < -0.3 is 11.5 Å². The minimum atomic E-state index is -4.77. The summed E-state index contributed by atoms with van der Waals surface area (Å²) in [5.74, 6) is -0.804. The summed E-state index contributed by atoms with van der Waals surface area (Å²) in [5.41, 5.74) is 8.33. The van der Waals surface area contributed by atoms with Gasteiger partial charge in [-0.05, 0) is 54.3 Å². The SMILES string of the molecule is CC.CN.NC(c1cc(C(=O)c2ccc(C(F)(F)F)nc2)cc(-c2ccc(P)cn2)c1)C(F)(F)F. The molecular formula is C23H25F6N4OP. The Morgan fingerprint density at radius 2 is 1.51 bits per heavy atom. The summed E-state index contributed by atoms with van der Waals surface area (Å²) in [6, 6.07) is 5.81. The van der Waals surface area contributed by atoms with E-state index in [2.05, 4.69) is 24.9 Å². The number of hydrogen-bond acceptors (Lipinski definition) is 5. The van der Waals surface area contributed by atoms with Gasteiger partial charge in [0, 0.05) is 29.1 Å². The van der Waals surface area contributed by atoms with Crippen LogP contribution in [0.5, 0.6) is 0 Å². The van der Waals surface area contributed by atoms with Crippen molar-refractivity contribution in [1.29, 1.82) is 0 Å². The molecule has 1 aromatic carbocycles. The number of halogens is 6. The van der Waals surface area contributed by atoms with Crippen molar-refractivity contribution in [1.82, 2.24) is 9.97 Å². The van der Waals surface area contributed by atoms with Gasteiger partial charge in [-0.2, -0.15) is 26.3 Å². The average Bonchev–Trinajstić information content (AvgIpc) is 2.84. The number of benzene rings is 1. The van der Waals surface area contributed by atoms with Crippen LogP contribution in [0.25, 0.3) is 11.3 Å². The van der Waals surface area contributed by atoms with Gasteiger partial charge >= 0.3 is 12.4 Å². The lowest BCUT2D eigenvalue weighted by Gasteiger charge is -2.18. The van der Waals surface area contributed by atoms with Crippen LogP contribution >= 0.6 is 9.24 Å². The van der Waals surface area contributed by atoms with E-state index < -0.39 is 29.9 Å². The molecule has 0 fully saturated rings. The molecule has 190 valence electrons. The normalized spacial score (nSPS) is 12.0. The molecule has 5 nitrogen and oxygen atoms in total. The van der Waals surface area contributed by atoms with Gasteiger partial charge in [0.25, 0.3) is 0 Å². The van der Waals surface area contributed by atoms with E-state index in [0.717, 1.165) is 23.6 Å². The molecule has 0 radical (unpaired) electrons. The first-order valence-electron chi connectivity index (χ1n) is 10.2. The van der Waals surface area contributed by atoms with Crippen LogP contribution in [0.3, 0.4) is 0 Å². The number of rotatable bonds is 4. The summed E-state index contributed by atoms with van der Waals surface area (Å²) < 4.78 is 77.6. The number of aromatic nitrogens is 2. The fourth-order valence-corrected chi connectivity index (χ4v) is 2.91. The van der Waals surface area contributed by atoms with Crippen molar-refractivity contribution in [2.24, 2.45) is 11.5 Å². The lowest BCUT2D eigenvalue weighted by Crippen LogP contribution is -2.28. The van der Waals surface area contributed by atoms with Gasteiger partial charge in [-0.3, -0.25) is 14.8 Å². The fourth-order valence-electron chi connectivity index (χ4n) is 2.74. The standard InChI is InChI=1S/C20H14F6N3OP.C2H6.CH5N/c21-19(22,23)16-4-1-10(8-29-16)17(30)12-5-11(15-3-2-14(31)9-28-15)6-13(7-12)18(27)20(24,25)26;2*1-2/h1-9,18H,27,31H2;1-2H3;2H2,1H3. The first kappa shape index (κ1) is 30.2. The molecular weight excluding hydrogens is 493 g/mol. The predicted octanol–water partition coefficient (Wildman–Crippen LogP) is 5.06. The van der Waals surface area contributed by atoms with Crippen molar-refractivity contribution in [2.45, 2.75) is 32.2 Å². The zero-order valence-corrected chi connectivity index (χ0v) is 20.2. The highest BCUT2D eigenvalue weighted by molar-refractivity contribution is 7.27. The molecule has 0 spiro atoms. The summed E-state index contributed by atoms with van der Waals surface area (Å²) in [6.07, 6.45) is -7.27. The molecule has 2 aromatic heterocycles. The summed E-state index contributed by atoms with van der Waals surface area (Å²) in [4.78, 5) is 20.2. The number of carbonyl (C=O) groups excluding carboxylic acids is 1. The minimum absolute atomic E-state index is 0.189. The maximum atomic E-state index is 13.2. The van der Waals surface area contributed by atoms with Crippen molar-refractivity contribution < 1.29 is 31.1 Å². The van der Waals surface area contributed by atoms with Crippen LogP contribution < -0.4 is 16.8 Å². The van der Waals surface area contributed by atoms with Crippen LogP contribution in [0.4, 0.5) is 26.3 Å². The van der Waals surface area contributed by atoms with Crippen LogP contribution in [0.1, 0.15) is 47.1 Å². The monoisotopic (exact) mass is 518 g/mol. The van der Waals surface area contributed by atoms with Gasteiger partial charge in [0.1, 0.15) is 11.7 Å².